The van der Waals surface area contributed by atoms with E-state index in [1.165, 1.54) is 88.0 Å². The highest BCUT2D eigenvalue weighted by Crippen LogP contribution is 2.49. The van der Waals surface area contributed by atoms with E-state index in [1.54, 1.807) is 0 Å². The van der Waals surface area contributed by atoms with Crippen molar-refractivity contribution in [2.24, 2.45) is 0 Å². The van der Waals surface area contributed by atoms with Crippen molar-refractivity contribution in [2.75, 3.05) is 0 Å². The molecule has 2 aliphatic carbocycles. The van der Waals surface area contributed by atoms with E-state index in [1.807, 2.05) is 0 Å². The van der Waals surface area contributed by atoms with Gasteiger partial charge in [-0.05, 0) is 145 Å². The van der Waals surface area contributed by atoms with Crippen LogP contribution in [0.15, 0.2) is 137 Å². The van der Waals surface area contributed by atoms with E-state index in [0.29, 0.717) is 0 Å². The summed E-state index contributed by atoms with van der Waals surface area (Å²) in [5, 5.41) is 9.00. The molecule has 48 heavy (non-hydrogen) atoms. The molecule has 0 amide bonds. The highest BCUT2D eigenvalue weighted by molar-refractivity contribution is 6.31. The van der Waals surface area contributed by atoms with Crippen molar-refractivity contribution in [1.29, 1.82) is 0 Å². The zero-order valence-electron chi connectivity index (χ0n) is 27.2. The average Bonchev–Trinajstić information content (AvgIpc) is 3.76. The Morgan fingerprint density at radius 3 is 2.06 bits per heavy atom. The number of furan rings is 1. The van der Waals surface area contributed by atoms with E-state index < -0.39 is 0 Å². The highest BCUT2D eigenvalue weighted by atomic mass is 16.3. The molecule has 8 aromatic rings. The third-order valence-electron chi connectivity index (χ3n) is 10.9. The predicted molar refractivity (Wildman–Crippen MR) is 205 cm³/mol. The zero-order chi connectivity index (χ0) is 31.9. The minimum atomic E-state index is 0.911. The van der Waals surface area contributed by atoms with Gasteiger partial charge in [0.25, 0.3) is 0 Å². The van der Waals surface area contributed by atoms with Gasteiger partial charge in [-0.3, -0.25) is 0 Å². The van der Waals surface area contributed by atoms with Crippen LogP contribution in [-0.2, 0) is 6.42 Å². The number of benzene rings is 7. The van der Waals surface area contributed by atoms with Crippen molar-refractivity contribution in [3.63, 3.8) is 0 Å². The standard InChI is InChI=1S/C47H34O/c1-28-11-3-8-16-34(28)41-26-40(33-23-30-13-5-6-14-31(30)24-33)36-19-20-38-42(35-17-9-4-12-29(35)2)27-43(39-22-21-37(41)46(36)47(38)39)45-25-32-15-7-10-18-44(32)48-45/h3-7,9-15,17-23,25-27H,8,16,24H2,1-2H3. The summed E-state index contributed by atoms with van der Waals surface area (Å²) in [6.07, 6.45) is 10.1. The Bertz CT molecular complexity index is 2670. The molecule has 10 rings (SSSR count). The molecule has 1 heteroatoms. The van der Waals surface area contributed by atoms with E-state index in [9.17, 15) is 0 Å². The van der Waals surface area contributed by atoms with Crippen LogP contribution in [-0.4, -0.2) is 0 Å². The lowest BCUT2D eigenvalue weighted by atomic mass is 9.80. The van der Waals surface area contributed by atoms with Crippen LogP contribution in [0.3, 0.4) is 0 Å². The van der Waals surface area contributed by atoms with Gasteiger partial charge in [-0.25, -0.2) is 0 Å². The Balaban J connectivity index is 1.37. The number of hydrogen-bond acceptors (Lipinski definition) is 1. The Labute approximate surface area is 280 Å². The second kappa shape index (κ2) is 10.4. The van der Waals surface area contributed by atoms with Crippen LogP contribution in [0.1, 0.15) is 47.6 Å². The zero-order valence-corrected chi connectivity index (χ0v) is 27.2. The molecule has 1 heterocycles. The molecule has 0 saturated carbocycles. The first-order valence-corrected chi connectivity index (χ1v) is 17.1. The molecule has 0 bridgehead atoms. The van der Waals surface area contributed by atoms with E-state index in [4.69, 9.17) is 4.42 Å². The first kappa shape index (κ1) is 27.5. The Morgan fingerprint density at radius 2 is 1.27 bits per heavy atom. The molecule has 7 aromatic carbocycles. The quantitative estimate of drug-likeness (QED) is 0.180. The third kappa shape index (κ3) is 4.04. The van der Waals surface area contributed by atoms with Gasteiger partial charge in [0.2, 0.25) is 0 Å². The smallest absolute Gasteiger partial charge is 0.136 e. The van der Waals surface area contributed by atoms with Crippen molar-refractivity contribution < 1.29 is 4.42 Å². The van der Waals surface area contributed by atoms with E-state index >= 15 is 0 Å². The van der Waals surface area contributed by atoms with Crippen LogP contribution < -0.4 is 0 Å². The Kier molecular flexibility index (Phi) is 5.96. The van der Waals surface area contributed by atoms with E-state index in [2.05, 4.69) is 147 Å². The second-order valence-electron chi connectivity index (χ2n) is 13.6. The molecule has 0 atom stereocenters. The van der Waals surface area contributed by atoms with Gasteiger partial charge >= 0.3 is 0 Å². The molecule has 1 nitrogen and oxygen atoms in total. The molecule has 0 saturated heterocycles. The number of para-hydroxylation sites is 1. The molecule has 0 N–H and O–H groups in total. The van der Waals surface area contributed by atoms with E-state index in [0.717, 1.165) is 41.6 Å². The van der Waals surface area contributed by atoms with Crippen LogP contribution in [0.4, 0.5) is 0 Å². The fourth-order valence-corrected chi connectivity index (χ4v) is 8.51. The molecule has 0 unspecified atom stereocenters. The predicted octanol–water partition coefficient (Wildman–Crippen LogP) is 13.2. The summed E-state index contributed by atoms with van der Waals surface area (Å²) in [4.78, 5) is 0. The topological polar surface area (TPSA) is 13.1 Å². The van der Waals surface area contributed by atoms with Crippen molar-refractivity contribution in [3.05, 3.63) is 161 Å². The van der Waals surface area contributed by atoms with Crippen molar-refractivity contribution in [3.8, 4) is 22.5 Å². The number of allylic oxidation sites excluding steroid dienone is 5. The van der Waals surface area contributed by atoms with Gasteiger partial charge in [-0.2, -0.15) is 0 Å². The number of fused-ring (bicyclic) bond motifs is 2. The van der Waals surface area contributed by atoms with Gasteiger partial charge in [0, 0.05) is 10.9 Å². The first-order chi connectivity index (χ1) is 23.6. The SMILES string of the molecule is CC1=C(c2cc(C3=Cc4ccccc4C3)c3ccc4c(-c5ccccc5C)cc(-c5cc6ccccc6o5)c5ccc2c3c54)CCC=C1. The second-order valence-corrected chi connectivity index (χ2v) is 13.6. The van der Waals surface area contributed by atoms with Crippen LogP contribution >= 0.6 is 0 Å². The maximum absolute atomic E-state index is 6.62. The van der Waals surface area contributed by atoms with Crippen molar-refractivity contribution in [1.82, 2.24) is 0 Å². The normalized spacial score (nSPS) is 14.6. The fourth-order valence-electron chi connectivity index (χ4n) is 8.51. The van der Waals surface area contributed by atoms with Crippen LogP contribution in [0.2, 0.25) is 0 Å². The van der Waals surface area contributed by atoms with Gasteiger partial charge in [0.05, 0.1) is 0 Å². The lowest BCUT2D eigenvalue weighted by Crippen LogP contribution is -1.99. The summed E-state index contributed by atoms with van der Waals surface area (Å²) < 4.78 is 6.62. The lowest BCUT2D eigenvalue weighted by molar-refractivity contribution is 0.632. The van der Waals surface area contributed by atoms with Gasteiger partial charge < -0.3 is 4.42 Å². The average molecular weight is 615 g/mol. The first-order valence-electron chi connectivity index (χ1n) is 17.1. The van der Waals surface area contributed by atoms with Gasteiger partial charge in [0.15, 0.2) is 0 Å². The van der Waals surface area contributed by atoms with Crippen LogP contribution in [0, 0.1) is 6.92 Å². The summed E-state index contributed by atoms with van der Waals surface area (Å²) in [6, 6.07) is 42.6. The molecule has 2 aliphatic rings. The summed E-state index contributed by atoms with van der Waals surface area (Å²) in [6.45, 7) is 4.50. The molecular weight excluding hydrogens is 581 g/mol. The summed E-state index contributed by atoms with van der Waals surface area (Å²) in [5.74, 6) is 0.911. The third-order valence-corrected chi connectivity index (χ3v) is 10.9. The number of rotatable bonds is 4. The maximum atomic E-state index is 6.62. The minimum absolute atomic E-state index is 0.911. The molecular formula is C47H34O. The van der Waals surface area contributed by atoms with Gasteiger partial charge in [-0.15, -0.1) is 0 Å². The molecule has 0 aliphatic heterocycles. The largest absolute Gasteiger partial charge is 0.456 e. The minimum Gasteiger partial charge on any atom is -0.456 e. The van der Waals surface area contributed by atoms with Crippen molar-refractivity contribution in [2.45, 2.75) is 33.1 Å². The van der Waals surface area contributed by atoms with Gasteiger partial charge in [-0.1, -0.05) is 109 Å². The van der Waals surface area contributed by atoms with Crippen molar-refractivity contribution >= 4 is 60.5 Å². The number of aryl methyl sites for hydroxylation is 1. The lowest BCUT2D eigenvalue weighted by Gasteiger charge is -2.23. The highest BCUT2D eigenvalue weighted by Gasteiger charge is 2.25. The Morgan fingerprint density at radius 1 is 0.583 bits per heavy atom. The molecule has 0 spiro atoms. The summed E-state index contributed by atoms with van der Waals surface area (Å²) in [7, 11) is 0. The summed E-state index contributed by atoms with van der Waals surface area (Å²) in [5.41, 5.74) is 15.5. The number of hydrogen-bond donors (Lipinski definition) is 0. The monoisotopic (exact) mass is 614 g/mol. The van der Waals surface area contributed by atoms with Gasteiger partial charge in [0.1, 0.15) is 11.3 Å². The molecule has 228 valence electrons. The van der Waals surface area contributed by atoms with E-state index in [-0.39, 0.29) is 0 Å². The molecule has 0 radical (unpaired) electrons. The summed E-state index contributed by atoms with van der Waals surface area (Å²) >= 11 is 0. The fraction of sp³-hybridized carbons (Fsp3) is 0.106. The molecule has 1 aromatic heterocycles. The Hall–Kier alpha value is -5.66. The van der Waals surface area contributed by atoms with Crippen LogP contribution in [0.5, 0.6) is 0 Å². The maximum Gasteiger partial charge on any atom is 0.136 e. The van der Waals surface area contributed by atoms with Crippen LogP contribution in [0.25, 0.3) is 83.0 Å². The molecule has 0 fully saturated rings.